The monoisotopic (exact) mass is 598 g/mol. The quantitative estimate of drug-likeness (QED) is 0.237. The number of carbonyl (C=O) groups excluding carboxylic acids is 2. The van der Waals surface area contributed by atoms with Crippen LogP contribution in [0.25, 0.3) is 0 Å². The summed E-state index contributed by atoms with van der Waals surface area (Å²) in [6, 6.07) is 17.4. The van der Waals surface area contributed by atoms with E-state index in [0.29, 0.717) is 45.3 Å². The number of carbonyl (C=O) groups is 2. The SMILES string of the molecule is Cc1cc(C(=O)Nc2cccc(C#Cc3cncc(C(=O)N=[S@@](CCCN(C)CCO)c4ccccc4O)c3)c2)n(C)n1. The van der Waals surface area contributed by atoms with E-state index in [1.807, 2.05) is 31.0 Å². The number of amides is 2. The Balaban J connectivity index is 1.50. The summed E-state index contributed by atoms with van der Waals surface area (Å²) in [6.45, 7) is 3.18. The Bertz CT molecular complexity index is 1710. The summed E-state index contributed by atoms with van der Waals surface area (Å²) in [5, 5.41) is 26.7. The molecule has 2 aromatic carbocycles. The molecule has 10 nitrogen and oxygen atoms in total. The molecular formula is C32H34N6O4S. The Morgan fingerprint density at radius 2 is 1.84 bits per heavy atom. The van der Waals surface area contributed by atoms with Gasteiger partial charge in [0, 0.05) is 48.6 Å². The number of para-hydroxylation sites is 1. The summed E-state index contributed by atoms with van der Waals surface area (Å²) in [5.74, 6) is 6.05. The van der Waals surface area contributed by atoms with E-state index >= 15 is 0 Å². The standard InChI is InChI=1S/C32H34N6O4S/c1-23-18-28(38(3)35-23)32(42)34-27-9-6-8-24(20-27)12-13-25-19-26(22-33-21-25)31(41)36-43(17-7-14-37(2)15-16-39)30-11-5-4-10-29(30)40/h4-6,8-11,18-22,39-40H,7,14-17H2,1-3H3,(H,34,42)/t43-/m0/s1. The van der Waals surface area contributed by atoms with E-state index in [9.17, 15) is 14.7 Å². The molecule has 1 atom stereocenters. The zero-order valence-electron chi connectivity index (χ0n) is 24.3. The second-order valence-electron chi connectivity index (χ2n) is 9.86. The second-order valence-corrected chi connectivity index (χ2v) is 11.6. The van der Waals surface area contributed by atoms with E-state index in [1.165, 1.54) is 10.9 Å². The predicted octanol–water partition coefficient (Wildman–Crippen LogP) is 3.80. The second kappa shape index (κ2) is 15.0. The molecule has 0 fully saturated rings. The van der Waals surface area contributed by atoms with Gasteiger partial charge in [-0.1, -0.05) is 40.7 Å². The molecule has 2 heterocycles. The summed E-state index contributed by atoms with van der Waals surface area (Å²) in [7, 11) is 2.76. The molecule has 2 aromatic heterocycles. The van der Waals surface area contributed by atoms with Crippen LogP contribution in [0.5, 0.6) is 5.75 Å². The fourth-order valence-electron chi connectivity index (χ4n) is 4.23. The van der Waals surface area contributed by atoms with Crippen LogP contribution in [-0.4, -0.2) is 74.2 Å². The highest BCUT2D eigenvalue weighted by Gasteiger charge is 2.14. The van der Waals surface area contributed by atoms with Crippen LogP contribution in [0.3, 0.4) is 0 Å². The third kappa shape index (κ3) is 8.93. The minimum absolute atomic E-state index is 0.0740. The number of aryl methyl sites for hydroxylation is 2. The van der Waals surface area contributed by atoms with E-state index < -0.39 is 16.6 Å². The number of pyridine rings is 1. The lowest BCUT2D eigenvalue weighted by molar-refractivity contribution is 0.1000. The van der Waals surface area contributed by atoms with Gasteiger partial charge in [0.05, 0.1) is 22.8 Å². The third-order valence-corrected chi connectivity index (χ3v) is 8.28. The molecule has 0 aliphatic rings. The van der Waals surface area contributed by atoms with Gasteiger partial charge in [-0.05, 0) is 69.4 Å². The molecule has 222 valence electrons. The van der Waals surface area contributed by atoms with Crippen LogP contribution in [0, 0.1) is 18.8 Å². The molecule has 0 unspecified atom stereocenters. The zero-order valence-corrected chi connectivity index (χ0v) is 25.1. The first kappa shape index (κ1) is 31.3. The number of anilines is 1. The Labute approximate surface area is 253 Å². The van der Waals surface area contributed by atoms with Crippen LogP contribution in [0.2, 0.25) is 0 Å². The minimum atomic E-state index is -0.880. The van der Waals surface area contributed by atoms with Crippen molar-refractivity contribution >= 4 is 28.2 Å². The number of phenols is 1. The summed E-state index contributed by atoms with van der Waals surface area (Å²) in [6.07, 6.45) is 3.75. The first-order valence-electron chi connectivity index (χ1n) is 13.7. The molecule has 0 aliphatic heterocycles. The first-order chi connectivity index (χ1) is 20.7. The number of nitrogens with zero attached hydrogens (tertiary/aromatic N) is 5. The number of aromatic nitrogens is 3. The molecule has 2 amide bonds. The van der Waals surface area contributed by atoms with Crippen LogP contribution < -0.4 is 5.32 Å². The van der Waals surface area contributed by atoms with Gasteiger partial charge in [-0.15, -0.1) is 0 Å². The molecule has 0 saturated carbocycles. The number of nitrogens with one attached hydrogen (secondary N) is 1. The Hall–Kier alpha value is -4.63. The van der Waals surface area contributed by atoms with Crippen LogP contribution in [0.4, 0.5) is 5.69 Å². The Morgan fingerprint density at radius 3 is 2.58 bits per heavy atom. The summed E-state index contributed by atoms with van der Waals surface area (Å²) in [5.41, 5.74) is 3.30. The van der Waals surface area contributed by atoms with E-state index in [-0.39, 0.29) is 18.3 Å². The fourth-order valence-corrected chi connectivity index (χ4v) is 5.89. The highest BCUT2D eigenvalue weighted by Crippen LogP contribution is 2.23. The van der Waals surface area contributed by atoms with Gasteiger partial charge < -0.3 is 20.4 Å². The van der Waals surface area contributed by atoms with Gasteiger partial charge >= 0.3 is 0 Å². The predicted molar refractivity (Wildman–Crippen MR) is 167 cm³/mol. The van der Waals surface area contributed by atoms with Crippen LogP contribution in [-0.2, 0) is 17.7 Å². The highest BCUT2D eigenvalue weighted by atomic mass is 32.2. The topological polar surface area (TPSA) is 133 Å². The Morgan fingerprint density at radius 1 is 1.05 bits per heavy atom. The lowest BCUT2D eigenvalue weighted by atomic mass is 10.1. The molecule has 43 heavy (non-hydrogen) atoms. The van der Waals surface area contributed by atoms with E-state index in [2.05, 4.69) is 31.6 Å². The number of phenolic OH excluding ortho intramolecular Hbond substituents is 1. The average Bonchev–Trinajstić information content (AvgIpc) is 3.34. The zero-order chi connectivity index (χ0) is 30.8. The number of aromatic hydroxyl groups is 1. The van der Waals surface area contributed by atoms with Gasteiger partial charge in [0.1, 0.15) is 11.4 Å². The minimum Gasteiger partial charge on any atom is -0.507 e. The lowest BCUT2D eigenvalue weighted by Crippen LogP contribution is -2.24. The first-order valence-corrected chi connectivity index (χ1v) is 15.0. The number of benzene rings is 2. The summed E-state index contributed by atoms with van der Waals surface area (Å²) >= 11 is 0. The molecular weight excluding hydrogens is 564 g/mol. The van der Waals surface area contributed by atoms with Gasteiger partial charge in [-0.25, -0.2) is 0 Å². The molecule has 0 bridgehead atoms. The smallest absolute Gasteiger partial charge is 0.284 e. The average molecular weight is 599 g/mol. The molecule has 4 rings (SSSR count). The summed E-state index contributed by atoms with van der Waals surface area (Å²) < 4.78 is 6.01. The van der Waals surface area contributed by atoms with Gasteiger partial charge in [0.15, 0.2) is 0 Å². The highest BCUT2D eigenvalue weighted by molar-refractivity contribution is 7.87. The van der Waals surface area contributed by atoms with Crippen molar-refractivity contribution in [1.29, 1.82) is 0 Å². The van der Waals surface area contributed by atoms with Gasteiger partial charge in [-0.3, -0.25) is 19.3 Å². The lowest BCUT2D eigenvalue weighted by Gasteiger charge is -2.16. The normalized spacial score (nSPS) is 11.7. The third-order valence-electron chi connectivity index (χ3n) is 6.36. The van der Waals surface area contributed by atoms with Crippen molar-refractivity contribution in [3.63, 3.8) is 0 Å². The number of aliphatic hydroxyl groups excluding tert-OH is 1. The van der Waals surface area contributed by atoms with Gasteiger partial charge in [0.25, 0.3) is 11.8 Å². The van der Waals surface area contributed by atoms with Crippen LogP contribution >= 0.6 is 0 Å². The van der Waals surface area contributed by atoms with Crippen molar-refractivity contribution in [3.05, 3.63) is 101 Å². The number of rotatable bonds is 10. The van der Waals surface area contributed by atoms with E-state index in [1.54, 1.807) is 61.8 Å². The number of hydrogen-bond donors (Lipinski definition) is 3. The number of aliphatic hydroxyl groups is 1. The maximum atomic E-state index is 13.2. The van der Waals surface area contributed by atoms with Crippen LogP contribution in [0.15, 0.2) is 82.3 Å². The van der Waals surface area contributed by atoms with E-state index in [4.69, 9.17) is 5.11 Å². The largest absolute Gasteiger partial charge is 0.507 e. The van der Waals surface area contributed by atoms with Gasteiger partial charge in [-0.2, -0.15) is 9.46 Å². The maximum Gasteiger partial charge on any atom is 0.284 e. The van der Waals surface area contributed by atoms with Crippen molar-refractivity contribution < 1.29 is 19.8 Å². The molecule has 0 radical (unpaired) electrons. The van der Waals surface area contributed by atoms with Crippen LogP contribution in [0.1, 0.15) is 44.1 Å². The van der Waals surface area contributed by atoms with Crippen molar-refractivity contribution in [2.24, 2.45) is 11.4 Å². The molecule has 4 aromatic rings. The van der Waals surface area contributed by atoms with Crippen molar-refractivity contribution in [2.45, 2.75) is 18.2 Å². The van der Waals surface area contributed by atoms with Gasteiger partial charge in [0.2, 0.25) is 0 Å². The number of hydrogen-bond acceptors (Lipinski definition) is 7. The van der Waals surface area contributed by atoms with Crippen molar-refractivity contribution in [3.8, 4) is 17.6 Å². The summed E-state index contributed by atoms with van der Waals surface area (Å²) in [4.78, 5) is 32.7. The number of likely N-dealkylation sites (N-methyl/N-ethyl adjacent to an activating group) is 1. The fraction of sp³-hybridized carbons (Fsp3) is 0.250. The molecule has 11 heteroatoms. The molecule has 0 spiro atoms. The van der Waals surface area contributed by atoms with Crippen molar-refractivity contribution in [1.82, 2.24) is 19.7 Å². The Kier molecular flexibility index (Phi) is 10.9. The molecule has 3 N–H and O–H groups in total. The molecule has 0 aliphatic carbocycles. The molecule has 0 saturated heterocycles. The van der Waals surface area contributed by atoms with Crippen molar-refractivity contribution in [2.75, 3.05) is 37.8 Å². The maximum absolute atomic E-state index is 13.2. The van der Waals surface area contributed by atoms with E-state index in [0.717, 1.165) is 18.7 Å².